The Hall–Kier alpha value is -1.23. The zero-order valence-corrected chi connectivity index (χ0v) is 18.7. The Morgan fingerprint density at radius 2 is 1.84 bits per heavy atom. The van der Waals surface area contributed by atoms with Crippen molar-refractivity contribution in [3.8, 4) is 0 Å². The lowest BCUT2D eigenvalue weighted by molar-refractivity contribution is -0.0422. The number of phosphoric ester groups is 1. The number of aliphatic hydroxyl groups is 1. The van der Waals surface area contributed by atoms with E-state index in [-0.39, 0.29) is 28.8 Å². The Labute approximate surface area is 181 Å². The summed E-state index contributed by atoms with van der Waals surface area (Å²) in [6, 6.07) is 0. The molecule has 0 spiro atoms. The molecule has 0 radical (unpaired) electrons. The summed E-state index contributed by atoms with van der Waals surface area (Å²) < 4.78 is 52.0. The maximum Gasteiger partial charge on any atom is 0.490 e. The highest BCUT2D eigenvalue weighted by molar-refractivity contribution is 7.66. The molecule has 8 N–H and O–H groups in total. The number of nitrogens with two attached hydrogens (primary N) is 1. The summed E-state index contributed by atoms with van der Waals surface area (Å²) in [5.41, 5.74) is 4.58. The molecule has 1 aliphatic heterocycles. The fourth-order valence-corrected chi connectivity index (χ4v) is 6.03. The van der Waals surface area contributed by atoms with Gasteiger partial charge in [0.05, 0.1) is 12.7 Å². The standard InChI is InChI=1S/C10H15ClN5O13P3/c11-9-13-6-7(14-10(12)15-8(6)18)16(9)5-1-3(17)4(27-5)2-26-31(22,23)29-32(24,25)28-30(19,20)21/h3-5,17H,1-2H2,(H,22,23)(H,24,25)(H2,19,20,21)(H3,12,14,15,18)/t3?,4-,5-/m1/s1. The number of nitrogens with one attached hydrogen (secondary N) is 1. The summed E-state index contributed by atoms with van der Waals surface area (Å²) in [7, 11) is -16.6. The first-order valence-electron chi connectivity index (χ1n) is 8.12. The van der Waals surface area contributed by atoms with Crippen molar-refractivity contribution in [1.29, 1.82) is 0 Å². The molecule has 22 heteroatoms. The number of phosphoric acid groups is 3. The molecular formula is C10H15ClN5O13P3. The van der Waals surface area contributed by atoms with Crippen molar-refractivity contribution in [1.82, 2.24) is 19.5 Å². The summed E-state index contributed by atoms with van der Waals surface area (Å²) in [6.07, 6.45) is -3.91. The molecule has 2 aromatic heterocycles. The molecule has 32 heavy (non-hydrogen) atoms. The minimum absolute atomic E-state index is 0.0676. The molecule has 0 bridgehead atoms. The molecule has 18 nitrogen and oxygen atoms in total. The van der Waals surface area contributed by atoms with Gasteiger partial charge < -0.3 is 35.2 Å². The van der Waals surface area contributed by atoms with Gasteiger partial charge in [-0.15, -0.1) is 0 Å². The quantitative estimate of drug-likeness (QED) is 0.161. The summed E-state index contributed by atoms with van der Waals surface area (Å²) in [6.45, 7) is -0.887. The Bertz CT molecular complexity index is 1230. The highest BCUT2D eigenvalue weighted by Crippen LogP contribution is 2.66. The Kier molecular flexibility index (Phi) is 7.02. The molecule has 0 aromatic carbocycles. The van der Waals surface area contributed by atoms with E-state index in [1.807, 2.05) is 0 Å². The molecule has 180 valence electrons. The molecule has 1 aliphatic rings. The van der Waals surface area contributed by atoms with E-state index in [0.717, 1.165) is 4.57 Å². The number of fused-ring (bicyclic) bond motifs is 1. The maximum atomic E-state index is 11.9. The van der Waals surface area contributed by atoms with E-state index in [2.05, 4.69) is 28.1 Å². The van der Waals surface area contributed by atoms with Crippen molar-refractivity contribution in [2.75, 3.05) is 12.3 Å². The second-order valence-electron chi connectivity index (χ2n) is 6.19. The van der Waals surface area contributed by atoms with Crippen LogP contribution in [-0.2, 0) is 31.6 Å². The van der Waals surface area contributed by atoms with E-state index < -0.39 is 54.1 Å². The predicted molar refractivity (Wildman–Crippen MR) is 102 cm³/mol. The molecule has 3 heterocycles. The van der Waals surface area contributed by atoms with Gasteiger partial charge in [-0.05, 0) is 11.6 Å². The third kappa shape index (κ3) is 6.01. The molecule has 1 fully saturated rings. The van der Waals surface area contributed by atoms with Gasteiger partial charge in [0, 0.05) is 6.42 Å². The van der Waals surface area contributed by atoms with Crippen LogP contribution in [0.25, 0.3) is 11.2 Å². The van der Waals surface area contributed by atoms with Crippen LogP contribution in [-0.4, -0.2) is 63.0 Å². The number of hydrogen-bond acceptors (Lipinski definition) is 12. The van der Waals surface area contributed by atoms with Crippen LogP contribution in [0.4, 0.5) is 5.95 Å². The van der Waals surface area contributed by atoms with Crippen molar-refractivity contribution < 1.29 is 56.3 Å². The van der Waals surface area contributed by atoms with Gasteiger partial charge in [0.2, 0.25) is 11.2 Å². The average Bonchev–Trinajstić information content (AvgIpc) is 3.09. The van der Waals surface area contributed by atoms with Crippen LogP contribution >= 0.6 is 35.1 Å². The van der Waals surface area contributed by atoms with Gasteiger partial charge in [0.1, 0.15) is 12.3 Å². The van der Waals surface area contributed by atoms with Crippen LogP contribution in [0.5, 0.6) is 0 Å². The zero-order chi connectivity index (χ0) is 24.1. The average molecular weight is 542 g/mol. The Balaban J connectivity index is 1.71. The molecule has 0 aliphatic carbocycles. The zero-order valence-electron chi connectivity index (χ0n) is 15.3. The van der Waals surface area contributed by atoms with E-state index in [1.54, 1.807) is 0 Å². The van der Waals surface area contributed by atoms with E-state index >= 15 is 0 Å². The van der Waals surface area contributed by atoms with Gasteiger partial charge in [-0.2, -0.15) is 13.6 Å². The van der Waals surface area contributed by atoms with Gasteiger partial charge >= 0.3 is 23.5 Å². The molecule has 3 rings (SSSR count). The molecular weight excluding hydrogens is 527 g/mol. The van der Waals surface area contributed by atoms with Gasteiger partial charge in [-0.1, -0.05) is 0 Å². The number of halogens is 1. The van der Waals surface area contributed by atoms with E-state index in [1.165, 1.54) is 0 Å². The number of aromatic nitrogens is 4. The van der Waals surface area contributed by atoms with Crippen LogP contribution in [0.1, 0.15) is 12.6 Å². The number of ether oxygens (including phenoxy) is 1. The summed E-state index contributed by atoms with van der Waals surface area (Å²) >= 11 is 6.03. The van der Waals surface area contributed by atoms with Gasteiger partial charge in [0.25, 0.3) is 5.56 Å². The van der Waals surface area contributed by atoms with Crippen molar-refractivity contribution in [2.45, 2.75) is 24.9 Å². The number of aliphatic hydroxyl groups excluding tert-OH is 1. The fourth-order valence-electron chi connectivity index (χ4n) is 2.72. The topological polar surface area (TPSA) is 279 Å². The largest absolute Gasteiger partial charge is 0.490 e. The predicted octanol–water partition coefficient (Wildman–Crippen LogP) is -0.653. The number of nitrogen functional groups attached to an aromatic ring is 1. The second-order valence-corrected chi connectivity index (χ2v) is 11.0. The van der Waals surface area contributed by atoms with Crippen molar-refractivity contribution in [3.63, 3.8) is 0 Å². The van der Waals surface area contributed by atoms with Gasteiger partial charge in [0.15, 0.2) is 11.2 Å². The van der Waals surface area contributed by atoms with Crippen LogP contribution in [0.15, 0.2) is 4.79 Å². The van der Waals surface area contributed by atoms with Crippen molar-refractivity contribution in [3.05, 3.63) is 15.6 Å². The number of H-pyrrole nitrogens is 1. The summed E-state index contributed by atoms with van der Waals surface area (Å²) in [5, 5.41) is 9.93. The Morgan fingerprint density at radius 3 is 2.47 bits per heavy atom. The molecule has 0 amide bonds. The molecule has 1 saturated heterocycles. The fraction of sp³-hybridized carbons (Fsp3) is 0.500. The number of nitrogens with zero attached hydrogens (tertiary/aromatic N) is 3. The van der Waals surface area contributed by atoms with Crippen LogP contribution < -0.4 is 11.3 Å². The van der Waals surface area contributed by atoms with E-state index in [0.29, 0.717) is 0 Å². The normalized spacial score (nSPS) is 25.6. The molecule has 5 atom stereocenters. The molecule has 0 saturated carbocycles. The molecule has 3 unspecified atom stereocenters. The van der Waals surface area contributed by atoms with Crippen molar-refractivity contribution in [2.24, 2.45) is 0 Å². The maximum absolute atomic E-state index is 11.9. The first-order chi connectivity index (χ1) is 14.6. The number of aromatic amines is 1. The minimum Gasteiger partial charge on any atom is -0.390 e. The number of rotatable bonds is 8. The second kappa shape index (κ2) is 8.85. The lowest BCUT2D eigenvalue weighted by Gasteiger charge is -2.19. The third-order valence-corrected chi connectivity index (χ3v) is 7.91. The number of anilines is 1. The summed E-state index contributed by atoms with van der Waals surface area (Å²) in [4.78, 5) is 57.5. The van der Waals surface area contributed by atoms with Crippen molar-refractivity contribution >= 4 is 52.2 Å². The first-order valence-corrected chi connectivity index (χ1v) is 13.0. The Morgan fingerprint density at radius 1 is 1.19 bits per heavy atom. The van der Waals surface area contributed by atoms with E-state index in [4.69, 9.17) is 36.8 Å². The van der Waals surface area contributed by atoms with Crippen LogP contribution in [0.2, 0.25) is 5.28 Å². The van der Waals surface area contributed by atoms with Crippen LogP contribution in [0.3, 0.4) is 0 Å². The minimum atomic E-state index is -5.69. The lowest BCUT2D eigenvalue weighted by Crippen LogP contribution is -2.26. The smallest absolute Gasteiger partial charge is 0.390 e. The highest BCUT2D eigenvalue weighted by atomic mass is 35.5. The molecule has 2 aromatic rings. The first kappa shape index (κ1) is 25.4. The lowest BCUT2D eigenvalue weighted by atomic mass is 10.2. The van der Waals surface area contributed by atoms with E-state index in [9.17, 15) is 28.5 Å². The monoisotopic (exact) mass is 541 g/mol. The highest BCUT2D eigenvalue weighted by Gasteiger charge is 2.43. The third-order valence-electron chi connectivity index (χ3n) is 3.84. The van der Waals surface area contributed by atoms with Gasteiger partial charge in [-0.3, -0.25) is 18.9 Å². The van der Waals surface area contributed by atoms with Gasteiger partial charge in [-0.25, -0.2) is 18.7 Å². The van der Waals surface area contributed by atoms with Crippen LogP contribution in [0, 0.1) is 0 Å². The SMILES string of the molecule is Nc1nc2c(nc(Cl)n2[C@H]2CC(O)[C@@H](COP(=O)(O)OP(=O)(O)OP(=O)(O)O)O2)c(=O)[nH]1. The number of hydrogen-bond donors (Lipinski definition) is 7. The number of imidazole rings is 1. The summed E-state index contributed by atoms with van der Waals surface area (Å²) in [5.74, 6) is -0.247.